The van der Waals surface area contributed by atoms with E-state index in [1.807, 2.05) is 0 Å². The van der Waals surface area contributed by atoms with Gasteiger partial charge in [-0.2, -0.15) is 0 Å². The predicted octanol–water partition coefficient (Wildman–Crippen LogP) is 14.9. The van der Waals surface area contributed by atoms with E-state index in [1.165, 1.54) is 60.9 Å². The Labute approximate surface area is 327 Å². The number of benzene rings is 9. The summed E-state index contributed by atoms with van der Waals surface area (Å²) < 4.78 is 2.41. The largest absolute Gasteiger partial charge is 0.310 e. The number of para-hydroxylation sites is 4. The lowest BCUT2D eigenvalue weighted by Gasteiger charge is -2.28. The minimum absolute atomic E-state index is 1.10. The number of rotatable bonds is 8. The molecule has 0 unspecified atom stereocenters. The molecule has 264 valence electrons. The molecule has 56 heavy (non-hydrogen) atoms. The minimum Gasteiger partial charge on any atom is -0.310 e. The topological polar surface area (TPSA) is 8.17 Å². The molecular weight excluding hydrogens is 677 g/mol. The molecule has 10 aromatic rings. The lowest BCUT2D eigenvalue weighted by atomic mass is 9.97. The molecule has 2 nitrogen and oxygen atoms in total. The Hall–Kier alpha value is -7.42. The molecule has 0 radical (unpaired) electrons. The molecule has 1 aromatic heterocycles. The highest BCUT2D eigenvalue weighted by Crippen LogP contribution is 2.43. The molecule has 0 aliphatic rings. The Kier molecular flexibility index (Phi) is 8.55. The molecule has 0 atom stereocenters. The molecule has 0 saturated carbocycles. The number of nitrogens with zero attached hydrogens (tertiary/aromatic N) is 2. The van der Waals surface area contributed by atoms with Crippen LogP contribution in [-0.4, -0.2) is 4.57 Å². The maximum absolute atomic E-state index is 2.41. The number of aromatic nitrogens is 1. The van der Waals surface area contributed by atoms with Crippen molar-refractivity contribution in [3.05, 3.63) is 231 Å². The first-order valence-electron chi connectivity index (χ1n) is 19.2. The van der Waals surface area contributed by atoms with Gasteiger partial charge in [0.1, 0.15) is 0 Å². The molecule has 0 fully saturated rings. The van der Waals surface area contributed by atoms with Crippen molar-refractivity contribution in [2.24, 2.45) is 0 Å². The van der Waals surface area contributed by atoms with Crippen molar-refractivity contribution in [3.63, 3.8) is 0 Å². The van der Waals surface area contributed by atoms with Crippen molar-refractivity contribution in [2.45, 2.75) is 0 Å². The second kappa shape index (κ2) is 14.4. The van der Waals surface area contributed by atoms with Crippen LogP contribution in [0.2, 0.25) is 0 Å². The molecule has 0 aliphatic carbocycles. The summed E-state index contributed by atoms with van der Waals surface area (Å²) in [6.45, 7) is 0. The summed E-state index contributed by atoms with van der Waals surface area (Å²) in [4.78, 5) is 2.38. The fourth-order valence-corrected chi connectivity index (χ4v) is 8.13. The first-order valence-corrected chi connectivity index (χ1v) is 19.2. The highest BCUT2D eigenvalue weighted by atomic mass is 15.1. The molecule has 1 heterocycles. The summed E-state index contributed by atoms with van der Waals surface area (Å²) in [5, 5.41) is 2.53. The van der Waals surface area contributed by atoms with E-state index in [0.29, 0.717) is 0 Å². The fourth-order valence-electron chi connectivity index (χ4n) is 8.13. The molecule has 0 saturated heterocycles. The number of anilines is 3. The number of hydrogen-bond donors (Lipinski definition) is 0. The second-order valence-corrected chi connectivity index (χ2v) is 14.1. The average molecular weight is 715 g/mol. The van der Waals surface area contributed by atoms with Gasteiger partial charge in [0.25, 0.3) is 0 Å². The highest BCUT2D eigenvalue weighted by Gasteiger charge is 2.19. The van der Waals surface area contributed by atoms with Gasteiger partial charge < -0.3 is 9.47 Å². The van der Waals surface area contributed by atoms with Gasteiger partial charge in [-0.05, 0) is 81.9 Å². The predicted molar refractivity (Wildman–Crippen MR) is 237 cm³/mol. The van der Waals surface area contributed by atoms with Gasteiger partial charge in [0.05, 0.1) is 22.4 Å². The van der Waals surface area contributed by atoms with Crippen LogP contribution in [0.1, 0.15) is 0 Å². The lowest BCUT2D eigenvalue weighted by molar-refractivity contribution is 1.18. The average Bonchev–Trinajstić information content (AvgIpc) is 3.62. The second-order valence-electron chi connectivity index (χ2n) is 14.1. The lowest BCUT2D eigenvalue weighted by Crippen LogP contribution is -2.11. The van der Waals surface area contributed by atoms with Crippen molar-refractivity contribution in [3.8, 4) is 50.2 Å². The van der Waals surface area contributed by atoms with Crippen LogP contribution in [0.4, 0.5) is 17.1 Å². The smallest absolute Gasteiger partial charge is 0.0541 e. The SMILES string of the molecule is c1ccc(-c2ccc(N(c3ccc(-c4ccccc4)cc3)c3ccccc3-c3ccc(-c4ccccc4-n4c5ccccc5c5ccccc54)cc3)cc2)cc1. The van der Waals surface area contributed by atoms with Gasteiger partial charge in [-0.25, -0.2) is 0 Å². The Balaban J connectivity index is 1.06. The van der Waals surface area contributed by atoms with Crippen LogP contribution in [0.15, 0.2) is 231 Å². The van der Waals surface area contributed by atoms with Crippen molar-refractivity contribution < 1.29 is 0 Å². The third-order valence-electron chi connectivity index (χ3n) is 10.8. The van der Waals surface area contributed by atoms with E-state index in [-0.39, 0.29) is 0 Å². The monoisotopic (exact) mass is 714 g/mol. The van der Waals surface area contributed by atoms with E-state index in [4.69, 9.17) is 0 Å². The Morgan fingerprint density at radius 2 is 0.643 bits per heavy atom. The third kappa shape index (κ3) is 6.04. The van der Waals surface area contributed by atoms with E-state index in [2.05, 4.69) is 240 Å². The molecule has 0 spiro atoms. The first-order chi connectivity index (χ1) is 27.8. The highest BCUT2D eigenvalue weighted by molar-refractivity contribution is 6.09. The van der Waals surface area contributed by atoms with E-state index in [0.717, 1.165) is 28.2 Å². The minimum atomic E-state index is 1.10. The molecular formula is C54H38N2. The van der Waals surface area contributed by atoms with Gasteiger partial charge in [-0.15, -0.1) is 0 Å². The number of hydrogen-bond acceptors (Lipinski definition) is 1. The zero-order valence-electron chi connectivity index (χ0n) is 30.8. The van der Waals surface area contributed by atoms with Gasteiger partial charge >= 0.3 is 0 Å². The van der Waals surface area contributed by atoms with Gasteiger partial charge in [-0.1, -0.05) is 182 Å². The fraction of sp³-hybridized carbons (Fsp3) is 0. The standard InChI is InChI=1S/C54H38N2/c1-3-15-39(16-4-1)41-31-35-45(36-32-41)55(46-37-33-42(34-38-46)40-17-5-2-6-18-40)51-23-11-7-19-47(51)43-27-29-44(30-28-43)48-20-8-12-24-52(48)56-53-25-13-9-21-49(53)50-22-10-14-26-54(50)56/h1-38H. The Morgan fingerprint density at radius 1 is 0.268 bits per heavy atom. The Morgan fingerprint density at radius 3 is 1.18 bits per heavy atom. The summed E-state index contributed by atoms with van der Waals surface area (Å²) in [7, 11) is 0. The van der Waals surface area contributed by atoms with Crippen LogP contribution < -0.4 is 4.90 Å². The van der Waals surface area contributed by atoms with Crippen molar-refractivity contribution in [1.82, 2.24) is 4.57 Å². The molecule has 9 aromatic carbocycles. The summed E-state index contributed by atoms with van der Waals surface area (Å²) in [6, 6.07) is 83.0. The summed E-state index contributed by atoms with van der Waals surface area (Å²) in [6.07, 6.45) is 0. The summed E-state index contributed by atoms with van der Waals surface area (Å²) in [5.41, 5.74) is 16.4. The summed E-state index contributed by atoms with van der Waals surface area (Å²) >= 11 is 0. The molecule has 0 amide bonds. The van der Waals surface area contributed by atoms with Crippen molar-refractivity contribution in [1.29, 1.82) is 0 Å². The van der Waals surface area contributed by atoms with Gasteiger partial charge in [0.2, 0.25) is 0 Å². The number of fused-ring (bicyclic) bond motifs is 3. The Bertz CT molecular complexity index is 2790. The zero-order chi connectivity index (χ0) is 37.3. The van der Waals surface area contributed by atoms with Gasteiger partial charge in [0, 0.05) is 33.3 Å². The maximum atomic E-state index is 2.41. The molecule has 2 heteroatoms. The van der Waals surface area contributed by atoms with Gasteiger partial charge in [0.15, 0.2) is 0 Å². The van der Waals surface area contributed by atoms with Crippen LogP contribution >= 0.6 is 0 Å². The van der Waals surface area contributed by atoms with Crippen LogP contribution in [0, 0.1) is 0 Å². The van der Waals surface area contributed by atoms with Crippen LogP contribution in [0.3, 0.4) is 0 Å². The maximum Gasteiger partial charge on any atom is 0.0541 e. The molecule has 10 rings (SSSR count). The first kappa shape index (κ1) is 33.2. The van der Waals surface area contributed by atoms with Crippen LogP contribution in [0.5, 0.6) is 0 Å². The molecule has 0 N–H and O–H groups in total. The molecule has 0 aliphatic heterocycles. The van der Waals surface area contributed by atoms with E-state index < -0.39 is 0 Å². The van der Waals surface area contributed by atoms with Crippen LogP contribution in [0.25, 0.3) is 72.0 Å². The van der Waals surface area contributed by atoms with E-state index in [1.54, 1.807) is 0 Å². The van der Waals surface area contributed by atoms with E-state index in [9.17, 15) is 0 Å². The molecule has 0 bridgehead atoms. The normalized spacial score (nSPS) is 11.2. The van der Waals surface area contributed by atoms with E-state index >= 15 is 0 Å². The van der Waals surface area contributed by atoms with Crippen LogP contribution in [-0.2, 0) is 0 Å². The van der Waals surface area contributed by atoms with Crippen molar-refractivity contribution >= 4 is 38.9 Å². The summed E-state index contributed by atoms with van der Waals surface area (Å²) in [5.74, 6) is 0. The van der Waals surface area contributed by atoms with Crippen molar-refractivity contribution in [2.75, 3.05) is 4.90 Å². The van der Waals surface area contributed by atoms with Gasteiger partial charge in [-0.3, -0.25) is 0 Å². The third-order valence-corrected chi connectivity index (χ3v) is 10.8. The zero-order valence-corrected chi connectivity index (χ0v) is 30.8. The quantitative estimate of drug-likeness (QED) is 0.152.